The standard InChI is InChI=1S/C20H16F2N6O/c1-28-18(29)20(27-19(28)23,17-8-12(10-21)4-6-24-17)15-9-13(2-3-16(15)22)14-5-7-25-26-11-14/h2-9,11H,10H2,1H3,(H2,23,27). The third-order valence-electron chi connectivity index (χ3n) is 4.86. The molecule has 1 aromatic carbocycles. The molecule has 1 aliphatic rings. The Balaban J connectivity index is 2.00. The number of carbonyl (C=O) groups is 1. The highest BCUT2D eigenvalue weighted by Crippen LogP contribution is 2.41. The smallest absolute Gasteiger partial charge is 0.268 e. The summed E-state index contributed by atoms with van der Waals surface area (Å²) in [5.74, 6) is -1.33. The summed E-state index contributed by atoms with van der Waals surface area (Å²) in [6.07, 6.45) is 4.38. The number of guanidine groups is 1. The number of rotatable bonds is 4. The minimum atomic E-state index is -1.86. The number of aromatic nitrogens is 3. The highest BCUT2D eigenvalue weighted by atomic mass is 19.1. The zero-order valence-corrected chi connectivity index (χ0v) is 15.4. The number of nitrogens with zero attached hydrogens (tertiary/aromatic N) is 5. The quantitative estimate of drug-likeness (QED) is 0.732. The Morgan fingerprint density at radius 2 is 1.93 bits per heavy atom. The van der Waals surface area contributed by atoms with E-state index < -0.39 is 23.9 Å². The van der Waals surface area contributed by atoms with Crippen LogP contribution in [-0.2, 0) is 17.0 Å². The van der Waals surface area contributed by atoms with E-state index in [1.54, 1.807) is 12.1 Å². The number of hydrogen-bond donors (Lipinski definition) is 1. The molecule has 9 heteroatoms. The molecule has 146 valence electrons. The SMILES string of the molecule is CN1C(=O)C(c2cc(CF)ccn2)(c2cc(-c3ccnnc3)ccc2F)N=C1N. The van der Waals surface area contributed by atoms with E-state index in [0.29, 0.717) is 16.7 Å². The number of hydrogen-bond acceptors (Lipinski definition) is 6. The maximum atomic E-state index is 15.1. The number of amides is 1. The highest BCUT2D eigenvalue weighted by Gasteiger charge is 2.52. The minimum absolute atomic E-state index is 0.0346. The molecular weight excluding hydrogens is 378 g/mol. The number of aliphatic imine (C=N–C) groups is 1. The number of nitrogens with two attached hydrogens (primary N) is 1. The van der Waals surface area contributed by atoms with Crippen molar-refractivity contribution in [1.29, 1.82) is 0 Å². The maximum Gasteiger partial charge on any atom is 0.268 e. The van der Waals surface area contributed by atoms with Crippen LogP contribution in [0.4, 0.5) is 8.78 Å². The molecule has 1 unspecified atom stereocenters. The fourth-order valence-electron chi connectivity index (χ4n) is 3.32. The van der Waals surface area contributed by atoms with Crippen LogP contribution in [0.1, 0.15) is 16.8 Å². The van der Waals surface area contributed by atoms with Crippen LogP contribution >= 0.6 is 0 Å². The lowest BCUT2D eigenvalue weighted by atomic mass is 9.84. The molecule has 0 aliphatic carbocycles. The number of carbonyl (C=O) groups excluding carboxylic acids is 1. The first kappa shape index (κ1) is 18.6. The number of halogens is 2. The molecule has 0 radical (unpaired) electrons. The molecule has 1 amide bonds. The van der Waals surface area contributed by atoms with Gasteiger partial charge in [-0.15, -0.1) is 0 Å². The summed E-state index contributed by atoms with van der Waals surface area (Å²) in [6.45, 7) is -0.764. The van der Waals surface area contributed by atoms with Gasteiger partial charge in [0.05, 0.1) is 18.1 Å². The average Bonchev–Trinajstić information content (AvgIpc) is 2.99. The topological polar surface area (TPSA) is 97.4 Å². The number of likely N-dealkylation sites (N-methyl/N-ethyl adjacent to an activating group) is 1. The van der Waals surface area contributed by atoms with Gasteiger partial charge in [0.2, 0.25) is 5.54 Å². The lowest BCUT2D eigenvalue weighted by Gasteiger charge is -2.26. The predicted octanol–water partition coefficient (Wildman–Crippen LogP) is 2.18. The summed E-state index contributed by atoms with van der Waals surface area (Å²) in [4.78, 5) is 22.9. The predicted molar refractivity (Wildman–Crippen MR) is 102 cm³/mol. The first-order valence-electron chi connectivity index (χ1n) is 8.69. The van der Waals surface area contributed by atoms with Crippen molar-refractivity contribution in [3.8, 4) is 11.1 Å². The van der Waals surface area contributed by atoms with Crippen molar-refractivity contribution in [3.63, 3.8) is 0 Å². The van der Waals surface area contributed by atoms with Gasteiger partial charge in [0.1, 0.15) is 12.5 Å². The van der Waals surface area contributed by atoms with Crippen LogP contribution in [0.3, 0.4) is 0 Å². The Kier molecular flexibility index (Phi) is 4.50. The fraction of sp³-hybridized carbons (Fsp3) is 0.150. The maximum absolute atomic E-state index is 15.1. The van der Waals surface area contributed by atoms with Crippen molar-refractivity contribution in [2.24, 2.45) is 10.7 Å². The fourth-order valence-corrected chi connectivity index (χ4v) is 3.32. The zero-order valence-electron chi connectivity index (χ0n) is 15.4. The molecule has 3 heterocycles. The van der Waals surface area contributed by atoms with Crippen molar-refractivity contribution < 1.29 is 13.6 Å². The van der Waals surface area contributed by atoms with Crippen molar-refractivity contribution in [2.45, 2.75) is 12.2 Å². The third kappa shape index (κ3) is 2.91. The van der Waals surface area contributed by atoms with Gasteiger partial charge in [-0.1, -0.05) is 6.07 Å². The van der Waals surface area contributed by atoms with E-state index in [1.165, 1.54) is 49.9 Å². The van der Waals surface area contributed by atoms with Gasteiger partial charge in [-0.05, 0) is 41.5 Å². The van der Waals surface area contributed by atoms with Crippen LogP contribution < -0.4 is 5.73 Å². The first-order valence-corrected chi connectivity index (χ1v) is 8.69. The highest BCUT2D eigenvalue weighted by molar-refractivity contribution is 6.08. The normalized spacial score (nSPS) is 18.8. The second kappa shape index (κ2) is 7.01. The average molecular weight is 394 g/mol. The molecule has 4 rings (SSSR count). The third-order valence-corrected chi connectivity index (χ3v) is 4.86. The Hall–Kier alpha value is -3.75. The summed E-state index contributed by atoms with van der Waals surface area (Å²) >= 11 is 0. The van der Waals surface area contributed by atoms with Crippen LogP contribution in [0.15, 0.2) is 60.0 Å². The molecule has 0 saturated carbocycles. The monoisotopic (exact) mass is 394 g/mol. The molecule has 0 bridgehead atoms. The van der Waals surface area contributed by atoms with E-state index in [4.69, 9.17) is 5.73 Å². The van der Waals surface area contributed by atoms with Gasteiger partial charge in [0.25, 0.3) is 5.91 Å². The van der Waals surface area contributed by atoms with Gasteiger partial charge in [-0.25, -0.2) is 13.8 Å². The summed E-state index contributed by atoms with van der Waals surface area (Å²) in [7, 11) is 1.44. The number of pyridine rings is 1. The van der Waals surface area contributed by atoms with Crippen molar-refractivity contribution in [1.82, 2.24) is 20.1 Å². The largest absolute Gasteiger partial charge is 0.369 e. The molecule has 3 aromatic rings. The number of benzene rings is 1. The minimum Gasteiger partial charge on any atom is -0.369 e. The van der Waals surface area contributed by atoms with Crippen LogP contribution in [0.25, 0.3) is 11.1 Å². The van der Waals surface area contributed by atoms with Crippen molar-refractivity contribution in [2.75, 3.05) is 7.05 Å². The van der Waals surface area contributed by atoms with Gasteiger partial charge in [0, 0.05) is 24.4 Å². The molecule has 0 saturated heterocycles. The molecule has 2 N–H and O–H groups in total. The van der Waals surface area contributed by atoms with E-state index >= 15 is 4.39 Å². The van der Waals surface area contributed by atoms with Crippen LogP contribution in [-0.4, -0.2) is 39.0 Å². The van der Waals surface area contributed by atoms with Crippen molar-refractivity contribution in [3.05, 3.63) is 77.6 Å². The molecule has 2 aromatic heterocycles. The molecule has 7 nitrogen and oxygen atoms in total. The summed E-state index contributed by atoms with van der Waals surface area (Å²) in [6, 6.07) is 8.88. The number of alkyl halides is 1. The Bertz CT molecular complexity index is 1120. The summed E-state index contributed by atoms with van der Waals surface area (Å²) in [5, 5.41) is 7.56. The lowest BCUT2D eigenvalue weighted by Crippen LogP contribution is -2.42. The summed E-state index contributed by atoms with van der Waals surface area (Å²) in [5.41, 5.74) is 5.68. The van der Waals surface area contributed by atoms with Crippen LogP contribution in [0, 0.1) is 5.82 Å². The Labute approximate surface area is 164 Å². The zero-order chi connectivity index (χ0) is 20.6. The van der Waals surface area contributed by atoms with Gasteiger partial charge >= 0.3 is 0 Å². The van der Waals surface area contributed by atoms with Crippen LogP contribution in [0.5, 0.6) is 0 Å². The lowest BCUT2D eigenvalue weighted by molar-refractivity contribution is -0.129. The van der Waals surface area contributed by atoms with Crippen LogP contribution in [0.2, 0.25) is 0 Å². The molecule has 29 heavy (non-hydrogen) atoms. The Morgan fingerprint density at radius 3 is 2.59 bits per heavy atom. The van der Waals surface area contributed by atoms with E-state index in [1.807, 2.05) is 0 Å². The molecule has 0 spiro atoms. The first-order chi connectivity index (χ1) is 14.0. The second-order valence-corrected chi connectivity index (χ2v) is 6.55. The van der Waals surface area contributed by atoms with Gasteiger partial charge < -0.3 is 5.73 Å². The van der Waals surface area contributed by atoms with E-state index in [2.05, 4.69) is 20.2 Å². The van der Waals surface area contributed by atoms with Gasteiger partial charge in [-0.2, -0.15) is 10.2 Å². The summed E-state index contributed by atoms with van der Waals surface area (Å²) < 4.78 is 28.3. The van der Waals surface area contributed by atoms with Gasteiger partial charge in [-0.3, -0.25) is 14.7 Å². The second-order valence-electron chi connectivity index (χ2n) is 6.55. The molecule has 1 atom stereocenters. The molecular formula is C20H16F2N6O. The van der Waals surface area contributed by atoms with E-state index in [-0.39, 0.29) is 17.2 Å². The molecule has 1 aliphatic heterocycles. The van der Waals surface area contributed by atoms with E-state index in [9.17, 15) is 9.18 Å². The van der Waals surface area contributed by atoms with Crippen molar-refractivity contribution >= 4 is 11.9 Å². The Morgan fingerprint density at radius 1 is 1.10 bits per heavy atom. The van der Waals surface area contributed by atoms with Gasteiger partial charge in [0.15, 0.2) is 5.96 Å². The molecule has 0 fully saturated rings. The van der Waals surface area contributed by atoms with E-state index in [0.717, 1.165) is 4.90 Å².